The number of Topliss-reactive ketones (excluding diaryl/α,β-unsaturated/α-hetero) is 1. The number of carbonyl (C=O) groups excluding carboxylic acids is 2. The molecule has 47 heavy (non-hydrogen) atoms. The number of alkyl halides is 3. The third-order valence-electron chi connectivity index (χ3n) is 8.37. The number of ketones is 1. The number of aromatic nitrogens is 4. The number of amides is 1. The molecule has 1 amide bonds. The van der Waals surface area contributed by atoms with E-state index in [1.807, 2.05) is 21.1 Å². The summed E-state index contributed by atoms with van der Waals surface area (Å²) in [4.78, 5) is 44.0. The summed E-state index contributed by atoms with van der Waals surface area (Å²) in [7, 11) is 5.92. The molecule has 2 heterocycles. The normalized spacial score (nSPS) is 16.9. The Bertz CT molecular complexity index is 1880. The standard InChI is InChI=1S/C34H36F3N7O3/c1-22-31(30-17-18-39-43(30)27-15-13-25(38-2)14-16-27)42(33(47)41(22)28-8-6-7-24(20-28)34(35,36)37)32(46)40-26-11-9-23(10-12-26)19-29(45)21-44(3,4)5/h6-8,13-18,20,23,26H,9-12,19,21H2,1,3-5H3/p+1. The van der Waals surface area contributed by atoms with Gasteiger partial charge >= 0.3 is 17.9 Å². The minimum Gasteiger partial charge on any atom is -0.335 e. The molecule has 0 bridgehead atoms. The second-order valence-electron chi connectivity index (χ2n) is 13.1. The average molecular weight is 649 g/mol. The van der Waals surface area contributed by atoms with Gasteiger partial charge in [-0.15, -0.1) is 0 Å². The van der Waals surface area contributed by atoms with Crippen molar-refractivity contribution in [2.24, 2.45) is 5.92 Å². The van der Waals surface area contributed by atoms with Crippen molar-refractivity contribution in [2.45, 2.75) is 51.2 Å². The number of nitrogens with zero attached hydrogens (tertiary/aromatic N) is 6. The third-order valence-corrected chi connectivity index (χ3v) is 8.37. The molecule has 0 aliphatic heterocycles. The Morgan fingerprint density at radius 2 is 1.70 bits per heavy atom. The monoisotopic (exact) mass is 648 g/mol. The van der Waals surface area contributed by atoms with Crippen LogP contribution in [0.15, 0.2) is 65.6 Å². The van der Waals surface area contributed by atoms with Crippen LogP contribution in [0.4, 0.5) is 23.7 Å². The lowest BCUT2D eigenvalue weighted by Crippen LogP contribution is -2.44. The van der Waals surface area contributed by atoms with Gasteiger partial charge in [-0.2, -0.15) is 18.3 Å². The van der Waals surface area contributed by atoms with E-state index in [-0.39, 0.29) is 34.8 Å². The van der Waals surface area contributed by atoms with E-state index in [4.69, 9.17) is 6.57 Å². The zero-order valence-electron chi connectivity index (χ0n) is 26.7. The fraction of sp³-hybridized carbons (Fsp3) is 0.382. The second-order valence-corrected chi connectivity index (χ2v) is 13.1. The Labute approximate surface area is 270 Å². The summed E-state index contributed by atoms with van der Waals surface area (Å²) in [5.74, 6) is 0.418. The van der Waals surface area contributed by atoms with Gasteiger partial charge in [0.1, 0.15) is 12.2 Å². The van der Waals surface area contributed by atoms with Gasteiger partial charge in [0.2, 0.25) is 0 Å². The van der Waals surface area contributed by atoms with Crippen molar-refractivity contribution in [2.75, 3.05) is 27.7 Å². The average Bonchev–Trinajstić information content (AvgIpc) is 3.58. The molecule has 0 atom stereocenters. The molecular formula is C34H37F3N7O3+. The summed E-state index contributed by atoms with van der Waals surface area (Å²) in [6.07, 6.45) is 0.0719. The Hall–Kier alpha value is -4.96. The molecule has 0 unspecified atom stereocenters. The van der Waals surface area contributed by atoms with Crippen LogP contribution in [0.3, 0.4) is 0 Å². The predicted octanol–water partition coefficient (Wildman–Crippen LogP) is 6.15. The van der Waals surface area contributed by atoms with E-state index in [9.17, 15) is 27.6 Å². The summed E-state index contributed by atoms with van der Waals surface area (Å²) >= 11 is 0. The van der Waals surface area contributed by atoms with Gasteiger partial charge in [-0.1, -0.05) is 18.2 Å². The van der Waals surface area contributed by atoms with Crippen molar-refractivity contribution in [1.82, 2.24) is 24.2 Å². The molecule has 1 saturated carbocycles. The maximum atomic E-state index is 14.1. The highest BCUT2D eigenvalue weighted by Gasteiger charge is 2.33. The van der Waals surface area contributed by atoms with Gasteiger partial charge < -0.3 is 9.80 Å². The highest BCUT2D eigenvalue weighted by molar-refractivity contribution is 5.83. The maximum absolute atomic E-state index is 14.1. The summed E-state index contributed by atoms with van der Waals surface area (Å²) in [5, 5.41) is 7.37. The summed E-state index contributed by atoms with van der Waals surface area (Å²) in [6.45, 7) is 9.26. The van der Waals surface area contributed by atoms with Gasteiger partial charge in [0.25, 0.3) is 0 Å². The number of likely N-dealkylation sites (N-methyl/N-ethyl adjacent to an activating group) is 1. The molecule has 0 radical (unpaired) electrons. The fourth-order valence-electron chi connectivity index (χ4n) is 6.24. The van der Waals surface area contributed by atoms with E-state index in [0.717, 1.165) is 34.1 Å². The topological polar surface area (TPSA) is 95.3 Å². The van der Waals surface area contributed by atoms with Gasteiger partial charge in [-0.25, -0.2) is 23.7 Å². The zero-order valence-corrected chi connectivity index (χ0v) is 26.7. The molecule has 2 aromatic carbocycles. The van der Waals surface area contributed by atoms with Crippen LogP contribution >= 0.6 is 0 Å². The van der Waals surface area contributed by atoms with E-state index in [0.29, 0.717) is 47.4 Å². The van der Waals surface area contributed by atoms with Crippen LogP contribution in [0.2, 0.25) is 0 Å². The number of nitrogens with one attached hydrogen (secondary N) is 1. The first-order valence-electron chi connectivity index (χ1n) is 15.3. The Morgan fingerprint density at radius 3 is 2.32 bits per heavy atom. The number of hydrogen-bond donors (Lipinski definition) is 1. The van der Waals surface area contributed by atoms with Crippen LogP contribution in [0, 0.1) is 19.4 Å². The van der Waals surface area contributed by atoms with Crippen molar-refractivity contribution in [1.29, 1.82) is 0 Å². The largest absolute Gasteiger partial charge is 0.416 e. The van der Waals surface area contributed by atoms with Crippen LogP contribution in [0.5, 0.6) is 0 Å². The summed E-state index contributed by atoms with van der Waals surface area (Å²) in [6, 6.07) is 11.6. The minimum atomic E-state index is -4.64. The van der Waals surface area contributed by atoms with E-state index in [2.05, 4.69) is 15.3 Å². The minimum absolute atomic E-state index is 0.0401. The Morgan fingerprint density at radius 1 is 1.02 bits per heavy atom. The molecule has 1 fully saturated rings. The molecule has 1 aliphatic carbocycles. The van der Waals surface area contributed by atoms with E-state index < -0.39 is 23.5 Å². The van der Waals surface area contributed by atoms with Gasteiger partial charge in [0.15, 0.2) is 11.5 Å². The zero-order chi connectivity index (χ0) is 34.1. The molecule has 2 aromatic heterocycles. The maximum Gasteiger partial charge on any atom is 0.416 e. The first-order chi connectivity index (χ1) is 22.2. The number of quaternary nitrogens is 1. The molecule has 1 N–H and O–H groups in total. The smallest absolute Gasteiger partial charge is 0.335 e. The molecule has 0 saturated heterocycles. The van der Waals surface area contributed by atoms with Gasteiger partial charge in [0, 0.05) is 12.5 Å². The molecule has 4 aromatic rings. The van der Waals surface area contributed by atoms with Gasteiger partial charge in [0.05, 0.1) is 62.2 Å². The fourth-order valence-corrected chi connectivity index (χ4v) is 6.24. The van der Waals surface area contributed by atoms with Gasteiger partial charge in [-0.3, -0.25) is 9.36 Å². The van der Waals surface area contributed by atoms with Crippen LogP contribution < -0.4 is 11.0 Å². The van der Waals surface area contributed by atoms with Gasteiger partial charge in [-0.05, 0) is 74.9 Å². The van der Waals surface area contributed by atoms with E-state index >= 15 is 0 Å². The number of carbonyl (C=O) groups is 2. The number of halogens is 3. The second kappa shape index (κ2) is 13.0. The lowest BCUT2D eigenvalue weighted by atomic mass is 9.83. The highest BCUT2D eigenvalue weighted by Crippen LogP contribution is 2.33. The Balaban J connectivity index is 1.50. The molecule has 5 rings (SSSR count). The van der Waals surface area contributed by atoms with Crippen LogP contribution in [0.25, 0.3) is 27.6 Å². The molecule has 10 nitrogen and oxygen atoms in total. The molecule has 0 spiro atoms. The SMILES string of the molecule is [C-]#[N+]c1ccc(-n2nccc2-c2c(C)n(-c3cccc(C(F)(F)F)c3)c(=O)n2C(=O)NC2CCC(CC(=O)C[N+](C)(C)C)CC2)cc1. The first kappa shape index (κ1) is 33.4. The van der Waals surface area contributed by atoms with Crippen molar-refractivity contribution < 1.29 is 27.2 Å². The van der Waals surface area contributed by atoms with Crippen molar-refractivity contribution in [3.8, 4) is 22.8 Å². The van der Waals surface area contributed by atoms with Crippen LogP contribution in [0.1, 0.15) is 43.4 Å². The molecule has 246 valence electrons. The number of hydrogen-bond acceptors (Lipinski definition) is 4. The van der Waals surface area contributed by atoms with Crippen molar-refractivity contribution >= 4 is 17.5 Å². The molecule has 1 aliphatic rings. The lowest BCUT2D eigenvalue weighted by Gasteiger charge is -2.30. The van der Waals surface area contributed by atoms with Crippen molar-refractivity contribution in [3.63, 3.8) is 0 Å². The first-order valence-corrected chi connectivity index (χ1v) is 15.3. The predicted molar refractivity (Wildman–Crippen MR) is 171 cm³/mol. The van der Waals surface area contributed by atoms with Crippen molar-refractivity contribution in [3.05, 3.63) is 94.0 Å². The highest BCUT2D eigenvalue weighted by atomic mass is 19.4. The third kappa shape index (κ3) is 7.38. The van der Waals surface area contributed by atoms with Crippen LogP contribution in [-0.2, 0) is 11.0 Å². The van der Waals surface area contributed by atoms with Crippen LogP contribution in [-0.4, -0.2) is 68.9 Å². The number of benzene rings is 2. The quantitative estimate of drug-likeness (QED) is 0.183. The lowest BCUT2D eigenvalue weighted by molar-refractivity contribution is -0.862. The summed E-state index contributed by atoms with van der Waals surface area (Å²) < 4.78 is 45.0. The summed E-state index contributed by atoms with van der Waals surface area (Å²) in [5.41, 5.74) is -0.0668. The molecular weight excluding hydrogens is 611 g/mol. The van der Waals surface area contributed by atoms with E-state index in [1.165, 1.54) is 23.0 Å². The number of imidazole rings is 1. The Kier molecular flexibility index (Phi) is 9.27. The molecule has 13 heteroatoms. The number of rotatable bonds is 8. The van der Waals surface area contributed by atoms with E-state index in [1.54, 1.807) is 37.3 Å².